The SMILES string of the molecule is CC(C)(C)S(=O)(=O)c1cn2ccnc2cc1O. The van der Waals surface area contributed by atoms with Crippen LogP contribution in [0.4, 0.5) is 0 Å². The van der Waals surface area contributed by atoms with E-state index in [0.29, 0.717) is 5.65 Å². The van der Waals surface area contributed by atoms with Crippen molar-refractivity contribution in [3.8, 4) is 5.75 Å². The molecule has 17 heavy (non-hydrogen) atoms. The van der Waals surface area contributed by atoms with Crippen molar-refractivity contribution in [3.05, 3.63) is 24.7 Å². The lowest BCUT2D eigenvalue weighted by Gasteiger charge is -2.19. The van der Waals surface area contributed by atoms with Crippen LogP contribution in [0.1, 0.15) is 20.8 Å². The van der Waals surface area contributed by atoms with E-state index in [1.165, 1.54) is 12.3 Å². The van der Waals surface area contributed by atoms with Gasteiger partial charge < -0.3 is 9.51 Å². The maximum Gasteiger partial charge on any atom is 0.188 e. The molecule has 2 rings (SSSR count). The van der Waals surface area contributed by atoms with Gasteiger partial charge in [-0.05, 0) is 20.8 Å². The molecule has 2 aromatic heterocycles. The van der Waals surface area contributed by atoms with Gasteiger partial charge in [-0.3, -0.25) is 0 Å². The summed E-state index contributed by atoms with van der Waals surface area (Å²) in [7, 11) is -3.58. The Morgan fingerprint density at radius 3 is 2.59 bits per heavy atom. The second kappa shape index (κ2) is 3.46. The summed E-state index contributed by atoms with van der Waals surface area (Å²) < 4.78 is 25.1. The van der Waals surface area contributed by atoms with Crippen molar-refractivity contribution in [1.82, 2.24) is 9.38 Å². The van der Waals surface area contributed by atoms with E-state index in [0.717, 1.165) is 0 Å². The first kappa shape index (κ1) is 11.9. The van der Waals surface area contributed by atoms with E-state index >= 15 is 0 Å². The summed E-state index contributed by atoms with van der Waals surface area (Å²) >= 11 is 0. The molecule has 0 aromatic carbocycles. The van der Waals surface area contributed by atoms with E-state index in [4.69, 9.17) is 0 Å². The summed E-state index contributed by atoms with van der Waals surface area (Å²) in [5.74, 6) is -0.265. The zero-order valence-electron chi connectivity index (χ0n) is 9.88. The lowest BCUT2D eigenvalue weighted by Crippen LogP contribution is -2.28. The number of pyridine rings is 1. The van der Waals surface area contributed by atoms with Crippen LogP contribution in [0.3, 0.4) is 0 Å². The Kier molecular flexibility index (Phi) is 2.43. The third kappa shape index (κ3) is 1.78. The Morgan fingerprint density at radius 2 is 2.00 bits per heavy atom. The van der Waals surface area contributed by atoms with Gasteiger partial charge in [-0.1, -0.05) is 0 Å². The molecular weight excluding hydrogens is 240 g/mol. The zero-order chi connectivity index (χ0) is 12.8. The summed E-state index contributed by atoms with van der Waals surface area (Å²) in [6.07, 6.45) is 4.57. The monoisotopic (exact) mass is 254 g/mol. The highest BCUT2D eigenvalue weighted by atomic mass is 32.2. The lowest BCUT2D eigenvalue weighted by atomic mass is 10.3. The summed E-state index contributed by atoms with van der Waals surface area (Å²) in [6, 6.07) is 1.35. The largest absolute Gasteiger partial charge is 0.506 e. The van der Waals surface area contributed by atoms with E-state index in [2.05, 4.69) is 4.98 Å². The molecule has 0 aliphatic carbocycles. The predicted octanol–water partition coefficient (Wildman–Crippen LogP) is 1.61. The summed E-state index contributed by atoms with van der Waals surface area (Å²) in [4.78, 5) is 3.90. The van der Waals surface area contributed by atoms with Gasteiger partial charge in [0.15, 0.2) is 9.84 Å². The summed E-state index contributed by atoms with van der Waals surface area (Å²) in [6.45, 7) is 4.79. The van der Waals surface area contributed by atoms with E-state index in [1.54, 1.807) is 37.6 Å². The molecule has 6 heteroatoms. The van der Waals surface area contributed by atoms with Crippen LogP contribution < -0.4 is 0 Å². The van der Waals surface area contributed by atoms with Crippen LogP contribution in [0.2, 0.25) is 0 Å². The van der Waals surface area contributed by atoms with Gasteiger partial charge in [-0.25, -0.2) is 13.4 Å². The maximum atomic E-state index is 12.2. The molecule has 1 N–H and O–H groups in total. The van der Waals surface area contributed by atoms with Crippen LogP contribution in [0.5, 0.6) is 5.75 Å². The van der Waals surface area contributed by atoms with Crippen LogP contribution in [0.25, 0.3) is 5.65 Å². The number of rotatable bonds is 1. The van der Waals surface area contributed by atoms with Gasteiger partial charge >= 0.3 is 0 Å². The van der Waals surface area contributed by atoms with Crippen molar-refractivity contribution in [2.45, 2.75) is 30.4 Å². The first-order valence-corrected chi connectivity index (χ1v) is 6.62. The average molecular weight is 254 g/mol. The molecule has 5 nitrogen and oxygen atoms in total. The predicted molar refractivity (Wildman–Crippen MR) is 63.8 cm³/mol. The molecular formula is C11H14N2O3S. The van der Waals surface area contributed by atoms with Gasteiger partial charge in [0.2, 0.25) is 0 Å². The average Bonchev–Trinajstić information content (AvgIpc) is 2.61. The zero-order valence-corrected chi connectivity index (χ0v) is 10.7. The lowest BCUT2D eigenvalue weighted by molar-refractivity contribution is 0.455. The number of nitrogens with zero attached hydrogens (tertiary/aromatic N) is 2. The van der Waals surface area contributed by atoms with E-state index in [-0.39, 0.29) is 10.6 Å². The van der Waals surface area contributed by atoms with Crippen LogP contribution in [0.15, 0.2) is 29.6 Å². The first-order valence-electron chi connectivity index (χ1n) is 5.14. The second-order valence-corrected chi connectivity index (χ2v) is 7.50. The van der Waals surface area contributed by atoms with Crippen molar-refractivity contribution < 1.29 is 13.5 Å². The number of aromatic hydroxyl groups is 1. The Morgan fingerprint density at radius 1 is 1.35 bits per heavy atom. The molecule has 0 amide bonds. The molecule has 0 fully saturated rings. The summed E-state index contributed by atoms with van der Waals surface area (Å²) in [5, 5.41) is 9.79. The van der Waals surface area contributed by atoms with Gasteiger partial charge in [0.1, 0.15) is 16.3 Å². The van der Waals surface area contributed by atoms with Crippen molar-refractivity contribution >= 4 is 15.5 Å². The number of aromatic nitrogens is 2. The van der Waals surface area contributed by atoms with Gasteiger partial charge in [0.05, 0.1) is 4.75 Å². The highest BCUT2D eigenvalue weighted by molar-refractivity contribution is 7.92. The fourth-order valence-corrected chi connectivity index (χ4v) is 2.71. The molecule has 0 aliphatic heterocycles. The molecule has 0 atom stereocenters. The molecule has 0 spiro atoms. The van der Waals surface area contributed by atoms with E-state index in [1.807, 2.05) is 0 Å². The molecule has 2 heterocycles. The number of hydrogen-bond donors (Lipinski definition) is 1. The quantitative estimate of drug-likeness (QED) is 0.839. The number of hydrogen-bond acceptors (Lipinski definition) is 4. The minimum Gasteiger partial charge on any atom is -0.506 e. The second-order valence-electron chi connectivity index (χ2n) is 4.83. The Labute approximate surface area is 99.6 Å². The van der Waals surface area contributed by atoms with E-state index in [9.17, 15) is 13.5 Å². The van der Waals surface area contributed by atoms with Crippen molar-refractivity contribution in [2.75, 3.05) is 0 Å². The Bertz CT molecular complexity index is 666. The fourth-order valence-electron chi connectivity index (χ4n) is 1.47. The molecule has 92 valence electrons. The van der Waals surface area contributed by atoms with Gasteiger partial charge in [-0.2, -0.15) is 0 Å². The minimum absolute atomic E-state index is 0.0736. The van der Waals surface area contributed by atoms with Crippen LogP contribution >= 0.6 is 0 Å². The van der Waals surface area contributed by atoms with Crippen LogP contribution in [-0.4, -0.2) is 27.7 Å². The molecule has 0 aliphatic rings. The van der Waals surface area contributed by atoms with Crippen LogP contribution in [-0.2, 0) is 9.84 Å². The molecule has 0 saturated carbocycles. The van der Waals surface area contributed by atoms with Gasteiger partial charge in [-0.15, -0.1) is 0 Å². The topological polar surface area (TPSA) is 71.7 Å². The Balaban J connectivity index is 2.75. The van der Waals surface area contributed by atoms with Gasteiger partial charge in [0.25, 0.3) is 0 Å². The summed E-state index contributed by atoms with van der Waals surface area (Å²) in [5.41, 5.74) is 0.510. The number of fused-ring (bicyclic) bond motifs is 1. The fraction of sp³-hybridized carbons (Fsp3) is 0.364. The van der Waals surface area contributed by atoms with Crippen LogP contribution in [0, 0.1) is 0 Å². The molecule has 0 unspecified atom stereocenters. The maximum absolute atomic E-state index is 12.2. The molecule has 0 saturated heterocycles. The first-order chi connectivity index (χ1) is 7.73. The Hall–Kier alpha value is -1.56. The molecule has 0 radical (unpaired) electrons. The third-order valence-electron chi connectivity index (χ3n) is 2.57. The normalized spacial score (nSPS) is 13.1. The highest BCUT2D eigenvalue weighted by Gasteiger charge is 2.33. The smallest absolute Gasteiger partial charge is 0.188 e. The highest BCUT2D eigenvalue weighted by Crippen LogP contribution is 2.31. The van der Waals surface area contributed by atoms with Crippen molar-refractivity contribution in [3.63, 3.8) is 0 Å². The molecule has 2 aromatic rings. The molecule has 0 bridgehead atoms. The third-order valence-corrected chi connectivity index (χ3v) is 5.07. The van der Waals surface area contributed by atoms with Gasteiger partial charge in [0, 0.05) is 24.7 Å². The van der Waals surface area contributed by atoms with E-state index < -0.39 is 14.6 Å². The van der Waals surface area contributed by atoms with Crippen molar-refractivity contribution in [2.24, 2.45) is 0 Å². The number of sulfone groups is 1. The van der Waals surface area contributed by atoms with Crippen molar-refractivity contribution in [1.29, 1.82) is 0 Å². The number of imidazole rings is 1. The minimum atomic E-state index is -3.58. The standard InChI is InChI=1S/C11H14N2O3S/c1-11(2,3)17(15,16)9-7-13-5-4-12-10(13)6-8(9)14/h4-7,14H,1-3H3.